The van der Waals surface area contributed by atoms with Gasteiger partial charge in [0.05, 0.1) is 6.20 Å². The average molecular weight is 270 g/mol. The molecular formula is C16H15FN2O. The van der Waals surface area contributed by atoms with E-state index >= 15 is 0 Å². The van der Waals surface area contributed by atoms with Crippen LogP contribution < -0.4 is 0 Å². The number of aromatic nitrogens is 2. The lowest BCUT2D eigenvalue weighted by Crippen LogP contribution is -2.00. The average Bonchev–Trinajstić information content (AvgIpc) is 2.96. The summed E-state index contributed by atoms with van der Waals surface area (Å²) in [5.41, 5.74) is 1.40. The van der Waals surface area contributed by atoms with E-state index in [0.717, 1.165) is 11.9 Å². The molecule has 0 fully saturated rings. The molecule has 2 aromatic carbocycles. The third-order valence-corrected chi connectivity index (χ3v) is 3.49. The van der Waals surface area contributed by atoms with Gasteiger partial charge in [-0.25, -0.2) is 4.39 Å². The Morgan fingerprint density at radius 3 is 2.65 bits per heavy atom. The van der Waals surface area contributed by atoms with Crippen molar-refractivity contribution in [1.82, 2.24) is 9.78 Å². The van der Waals surface area contributed by atoms with Crippen LogP contribution in [0.25, 0.3) is 10.8 Å². The van der Waals surface area contributed by atoms with Crippen LogP contribution in [0.1, 0.15) is 24.2 Å². The van der Waals surface area contributed by atoms with Gasteiger partial charge in [0.1, 0.15) is 11.9 Å². The number of aliphatic hydroxyl groups is 1. The van der Waals surface area contributed by atoms with Gasteiger partial charge >= 0.3 is 0 Å². The van der Waals surface area contributed by atoms with E-state index in [9.17, 15) is 9.50 Å². The zero-order valence-electron chi connectivity index (χ0n) is 11.1. The molecule has 1 aromatic heterocycles. The zero-order chi connectivity index (χ0) is 14.1. The first-order chi connectivity index (χ1) is 9.70. The normalized spacial score (nSPS) is 12.8. The molecule has 0 aliphatic rings. The molecule has 3 rings (SSSR count). The van der Waals surface area contributed by atoms with E-state index in [-0.39, 0.29) is 5.82 Å². The quantitative estimate of drug-likeness (QED) is 0.793. The molecule has 0 saturated heterocycles. The van der Waals surface area contributed by atoms with Crippen molar-refractivity contribution in [1.29, 1.82) is 0 Å². The van der Waals surface area contributed by atoms with Crippen LogP contribution in [0.4, 0.5) is 4.39 Å². The fourth-order valence-electron chi connectivity index (χ4n) is 2.40. The SMILES string of the molecule is CCn1cc(C(O)c2ccc(F)c3ccccc23)cn1. The number of hydrogen-bond donors (Lipinski definition) is 1. The molecule has 0 bridgehead atoms. The zero-order valence-corrected chi connectivity index (χ0v) is 11.1. The maximum Gasteiger partial charge on any atom is 0.131 e. The second kappa shape index (κ2) is 5.06. The van der Waals surface area contributed by atoms with Crippen molar-refractivity contribution in [2.24, 2.45) is 0 Å². The summed E-state index contributed by atoms with van der Waals surface area (Å²) in [6, 6.07) is 10.2. The number of halogens is 1. The molecule has 0 aliphatic heterocycles. The van der Waals surface area contributed by atoms with E-state index in [0.29, 0.717) is 16.5 Å². The molecule has 102 valence electrons. The fraction of sp³-hybridized carbons (Fsp3) is 0.188. The summed E-state index contributed by atoms with van der Waals surface area (Å²) in [5, 5.41) is 15.9. The van der Waals surface area contributed by atoms with E-state index in [1.807, 2.05) is 25.3 Å². The Hall–Kier alpha value is -2.20. The summed E-state index contributed by atoms with van der Waals surface area (Å²) in [5.74, 6) is -0.277. The largest absolute Gasteiger partial charge is 0.384 e. The lowest BCUT2D eigenvalue weighted by Gasteiger charge is -2.12. The Kier molecular flexibility index (Phi) is 3.24. The number of aliphatic hydroxyl groups excluding tert-OH is 1. The van der Waals surface area contributed by atoms with Gasteiger partial charge in [0.2, 0.25) is 0 Å². The Morgan fingerprint density at radius 2 is 1.95 bits per heavy atom. The van der Waals surface area contributed by atoms with E-state index in [1.165, 1.54) is 6.07 Å². The van der Waals surface area contributed by atoms with Crippen LogP contribution in [0.15, 0.2) is 48.8 Å². The van der Waals surface area contributed by atoms with Gasteiger partial charge in [-0.1, -0.05) is 30.3 Å². The molecule has 4 heteroatoms. The van der Waals surface area contributed by atoms with Gasteiger partial charge in [0, 0.05) is 23.7 Å². The molecule has 0 radical (unpaired) electrons. The third kappa shape index (κ3) is 2.08. The van der Waals surface area contributed by atoms with Crippen molar-refractivity contribution in [2.75, 3.05) is 0 Å². The molecule has 0 saturated carbocycles. The summed E-state index contributed by atoms with van der Waals surface area (Å²) in [4.78, 5) is 0. The van der Waals surface area contributed by atoms with Gasteiger partial charge in [-0.05, 0) is 23.9 Å². The highest BCUT2D eigenvalue weighted by atomic mass is 19.1. The molecular weight excluding hydrogens is 255 g/mol. The molecule has 3 aromatic rings. The molecule has 1 unspecified atom stereocenters. The van der Waals surface area contributed by atoms with Crippen LogP contribution in [0, 0.1) is 5.82 Å². The van der Waals surface area contributed by atoms with Gasteiger partial charge in [-0.3, -0.25) is 4.68 Å². The topological polar surface area (TPSA) is 38.0 Å². The van der Waals surface area contributed by atoms with Gasteiger partial charge in [-0.15, -0.1) is 0 Å². The summed E-state index contributed by atoms with van der Waals surface area (Å²) in [6.45, 7) is 2.73. The Morgan fingerprint density at radius 1 is 1.20 bits per heavy atom. The van der Waals surface area contributed by atoms with Crippen molar-refractivity contribution in [2.45, 2.75) is 19.6 Å². The van der Waals surface area contributed by atoms with Crippen LogP contribution >= 0.6 is 0 Å². The van der Waals surface area contributed by atoms with Crippen LogP contribution in [0.5, 0.6) is 0 Å². The van der Waals surface area contributed by atoms with Crippen molar-refractivity contribution in [3.8, 4) is 0 Å². The highest BCUT2D eigenvalue weighted by Crippen LogP contribution is 2.30. The van der Waals surface area contributed by atoms with Crippen LogP contribution in [-0.2, 0) is 6.54 Å². The maximum atomic E-state index is 13.8. The summed E-state index contributed by atoms with van der Waals surface area (Å²) < 4.78 is 15.5. The first-order valence-electron chi connectivity index (χ1n) is 6.58. The first-order valence-corrected chi connectivity index (χ1v) is 6.58. The van der Waals surface area contributed by atoms with Gasteiger partial charge in [0.25, 0.3) is 0 Å². The standard InChI is InChI=1S/C16H15FN2O/c1-2-19-10-11(9-18-19)16(20)14-7-8-15(17)13-6-4-3-5-12(13)14/h3-10,16,20H,2H2,1H3. The smallest absolute Gasteiger partial charge is 0.131 e. The van der Waals surface area contributed by atoms with Gasteiger partial charge in [0.15, 0.2) is 0 Å². The van der Waals surface area contributed by atoms with E-state index < -0.39 is 6.10 Å². The number of aryl methyl sites for hydroxylation is 1. The third-order valence-electron chi connectivity index (χ3n) is 3.49. The van der Waals surface area contributed by atoms with E-state index in [1.54, 1.807) is 29.1 Å². The molecule has 1 N–H and O–H groups in total. The van der Waals surface area contributed by atoms with Crippen LogP contribution in [0.3, 0.4) is 0 Å². The Labute approximate surface area is 116 Å². The fourth-order valence-corrected chi connectivity index (χ4v) is 2.40. The van der Waals surface area contributed by atoms with E-state index in [4.69, 9.17) is 0 Å². The summed E-state index contributed by atoms with van der Waals surface area (Å²) >= 11 is 0. The highest BCUT2D eigenvalue weighted by molar-refractivity contribution is 5.86. The monoisotopic (exact) mass is 270 g/mol. The first kappa shape index (κ1) is 12.8. The van der Waals surface area contributed by atoms with Crippen LogP contribution in [0.2, 0.25) is 0 Å². The van der Waals surface area contributed by atoms with Crippen molar-refractivity contribution in [3.05, 3.63) is 65.7 Å². The van der Waals surface area contributed by atoms with Crippen molar-refractivity contribution < 1.29 is 9.50 Å². The maximum absolute atomic E-state index is 13.8. The minimum absolute atomic E-state index is 0.277. The van der Waals surface area contributed by atoms with Crippen molar-refractivity contribution in [3.63, 3.8) is 0 Å². The Bertz CT molecular complexity index is 751. The number of benzene rings is 2. The number of nitrogens with zero attached hydrogens (tertiary/aromatic N) is 2. The number of rotatable bonds is 3. The summed E-state index contributed by atoms with van der Waals surface area (Å²) in [6.07, 6.45) is 2.65. The molecule has 3 nitrogen and oxygen atoms in total. The second-order valence-corrected chi connectivity index (χ2v) is 4.71. The lowest BCUT2D eigenvalue weighted by molar-refractivity contribution is 0.221. The number of hydrogen-bond acceptors (Lipinski definition) is 2. The minimum atomic E-state index is -0.805. The highest BCUT2D eigenvalue weighted by Gasteiger charge is 2.16. The van der Waals surface area contributed by atoms with E-state index in [2.05, 4.69) is 5.10 Å². The van der Waals surface area contributed by atoms with Gasteiger partial charge < -0.3 is 5.11 Å². The lowest BCUT2D eigenvalue weighted by atomic mass is 9.97. The second-order valence-electron chi connectivity index (χ2n) is 4.71. The Balaban J connectivity index is 2.12. The number of fused-ring (bicyclic) bond motifs is 1. The van der Waals surface area contributed by atoms with Gasteiger partial charge in [-0.2, -0.15) is 5.10 Å². The molecule has 0 amide bonds. The molecule has 0 aliphatic carbocycles. The van der Waals surface area contributed by atoms with Crippen molar-refractivity contribution >= 4 is 10.8 Å². The predicted molar refractivity (Wildman–Crippen MR) is 75.9 cm³/mol. The molecule has 1 heterocycles. The summed E-state index contributed by atoms with van der Waals surface area (Å²) in [7, 11) is 0. The molecule has 0 spiro atoms. The molecule has 1 atom stereocenters. The molecule has 20 heavy (non-hydrogen) atoms. The minimum Gasteiger partial charge on any atom is -0.384 e. The predicted octanol–water partition coefficient (Wildman–Crippen LogP) is 3.28. The van der Waals surface area contributed by atoms with Crippen LogP contribution in [-0.4, -0.2) is 14.9 Å².